The first-order chi connectivity index (χ1) is 16.2. The van der Waals surface area contributed by atoms with Gasteiger partial charge in [0.25, 0.3) is 0 Å². The smallest absolute Gasteiger partial charge is 0.303 e. The summed E-state index contributed by atoms with van der Waals surface area (Å²) in [5.41, 5.74) is 0. The number of carbonyl (C=O) groups is 5. The number of esters is 5. The minimum absolute atomic E-state index is 0.0899. The summed E-state index contributed by atoms with van der Waals surface area (Å²) in [6, 6.07) is -1.69. The molecule has 1 N–H and O–H groups in total. The zero-order valence-electron chi connectivity index (χ0n) is 19.9. The molecule has 0 amide bonds. The molecular weight excluding hydrogens is 474 g/mol. The molecule has 35 heavy (non-hydrogen) atoms. The molecule has 0 bridgehead atoms. The Balaban J connectivity index is 3.68. The summed E-state index contributed by atoms with van der Waals surface area (Å²) in [4.78, 5) is 70.0. The summed E-state index contributed by atoms with van der Waals surface area (Å²) in [5, 5.41) is 22.0. The van der Waals surface area contributed by atoms with Crippen molar-refractivity contribution in [2.45, 2.75) is 77.6 Å². The van der Waals surface area contributed by atoms with Crippen LogP contribution in [0.4, 0.5) is 0 Å². The molecule has 14 nitrogen and oxygen atoms in total. The highest BCUT2D eigenvalue weighted by Crippen LogP contribution is 2.33. The van der Waals surface area contributed by atoms with Crippen LogP contribution in [-0.2, 0) is 47.7 Å². The molecule has 0 fully saturated rings. The number of ether oxygens (including phenoxy) is 5. The Labute approximate surface area is 200 Å². The minimum Gasteiger partial charge on any atom is -0.462 e. The van der Waals surface area contributed by atoms with E-state index in [1.165, 1.54) is 12.2 Å². The van der Waals surface area contributed by atoms with Crippen molar-refractivity contribution in [3.05, 3.63) is 22.3 Å². The molecule has 0 aliphatic heterocycles. The first-order valence-electron chi connectivity index (χ1n) is 10.5. The van der Waals surface area contributed by atoms with Gasteiger partial charge in [0.05, 0.1) is 5.92 Å². The molecule has 1 aliphatic carbocycles. The SMILES string of the molecule is CC(=O)OC[C@@H](OC(C)=O)[C@@H](OC(C)=O)[C@H](OC(C)=O)[C@H](OC(C)=O)[C@@H]1CC=C[C@@H](O)[C@H]1[N+](=O)[O-]. The number of nitro groups is 1. The minimum atomic E-state index is -1.76. The average Bonchev–Trinajstić information content (AvgIpc) is 2.70. The third kappa shape index (κ3) is 9.31. The fraction of sp³-hybridized carbons (Fsp3) is 0.667. The second-order valence-corrected chi connectivity index (χ2v) is 7.77. The molecule has 0 spiro atoms. The maximum Gasteiger partial charge on any atom is 0.303 e. The van der Waals surface area contributed by atoms with E-state index in [9.17, 15) is 39.2 Å². The second-order valence-electron chi connectivity index (χ2n) is 7.77. The highest BCUT2D eigenvalue weighted by molar-refractivity contribution is 5.69. The normalized spacial score (nSPS) is 22.5. The summed E-state index contributed by atoms with van der Waals surface area (Å²) in [6.45, 7) is 4.40. The highest BCUT2D eigenvalue weighted by atomic mass is 16.6. The standard InChI is InChI=1S/C21H29NO13/c1-10(23)31-9-17(32-11(2)24)20(34-13(4)26)21(35-14(5)27)19(33-12(3)25)15-7-6-8-16(28)18(15)22(29)30/h6,8,15-21,28H,7,9H2,1-5H3/t15-,16-,17-,18+,19-,20-,21-/m1/s1. The van der Waals surface area contributed by atoms with Crippen LogP contribution in [0.3, 0.4) is 0 Å². The largest absolute Gasteiger partial charge is 0.462 e. The summed E-state index contributed by atoms with van der Waals surface area (Å²) in [5.74, 6) is -5.75. The lowest BCUT2D eigenvalue weighted by Gasteiger charge is -2.39. The Morgan fingerprint density at radius 3 is 1.86 bits per heavy atom. The van der Waals surface area contributed by atoms with Crippen LogP contribution in [-0.4, -0.2) is 83.0 Å². The monoisotopic (exact) mass is 503 g/mol. The number of rotatable bonds is 11. The third-order valence-electron chi connectivity index (χ3n) is 4.88. The first kappa shape index (κ1) is 29.5. The molecule has 0 saturated heterocycles. The van der Waals surface area contributed by atoms with Crippen molar-refractivity contribution >= 4 is 29.8 Å². The van der Waals surface area contributed by atoms with Gasteiger partial charge in [-0.25, -0.2) is 0 Å². The molecule has 0 aromatic heterocycles. The van der Waals surface area contributed by atoms with E-state index in [4.69, 9.17) is 23.7 Å². The van der Waals surface area contributed by atoms with Crippen LogP contribution in [0.1, 0.15) is 41.0 Å². The average molecular weight is 503 g/mol. The molecule has 1 aliphatic rings. The Hall–Kier alpha value is -3.55. The Kier molecular flexibility index (Phi) is 11.3. The molecular formula is C21H29NO13. The number of hydrogen-bond donors (Lipinski definition) is 1. The molecule has 0 aromatic rings. The van der Waals surface area contributed by atoms with Gasteiger partial charge in [0.15, 0.2) is 24.4 Å². The molecule has 0 radical (unpaired) electrons. The number of hydrogen-bond acceptors (Lipinski definition) is 13. The zero-order chi connectivity index (χ0) is 26.9. The molecule has 0 aromatic carbocycles. The number of aliphatic hydroxyl groups excluding tert-OH is 1. The summed E-state index contributed by atoms with van der Waals surface area (Å²) >= 11 is 0. The van der Waals surface area contributed by atoms with Crippen molar-refractivity contribution in [2.75, 3.05) is 6.61 Å². The van der Waals surface area contributed by atoms with E-state index in [-0.39, 0.29) is 6.42 Å². The van der Waals surface area contributed by atoms with Gasteiger partial charge < -0.3 is 28.8 Å². The quantitative estimate of drug-likeness (QED) is 0.129. The number of allylic oxidation sites excluding steroid dienone is 1. The summed E-state index contributed by atoms with van der Waals surface area (Å²) < 4.78 is 25.9. The van der Waals surface area contributed by atoms with Crippen LogP contribution < -0.4 is 0 Å². The summed E-state index contributed by atoms with van der Waals surface area (Å²) in [7, 11) is 0. The van der Waals surface area contributed by atoms with Gasteiger partial charge in [-0.1, -0.05) is 12.2 Å². The number of aliphatic hydroxyl groups is 1. The Bertz CT molecular complexity index is 854. The van der Waals surface area contributed by atoms with Gasteiger partial charge in [0.1, 0.15) is 12.7 Å². The number of nitrogens with zero attached hydrogens (tertiary/aromatic N) is 1. The van der Waals surface area contributed by atoms with Crippen LogP contribution in [0.5, 0.6) is 0 Å². The van der Waals surface area contributed by atoms with Gasteiger partial charge in [-0.3, -0.25) is 34.1 Å². The third-order valence-corrected chi connectivity index (χ3v) is 4.88. The molecule has 0 unspecified atom stereocenters. The first-order valence-corrected chi connectivity index (χ1v) is 10.5. The van der Waals surface area contributed by atoms with E-state index < -0.39 is 83.9 Å². The lowest BCUT2D eigenvalue weighted by atomic mass is 9.79. The van der Waals surface area contributed by atoms with E-state index in [1.807, 2.05) is 0 Å². The predicted octanol–water partition coefficient (Wildman–Crippen LogP) is -0.141. The van der Waals surface area contributed by atoms with E-state index in [0.29, 0.717) is 0 Å². The van der Waals surface area contributed by atoms with Crippen molar-refractivity contribution in [1.29, 1.82) is 0 Å². The molecule has 1 rings (SSSR count). The van der Waals surface area contributed by atoms with Crippen molar-refractivity contribution in [2.24, 2.45) is 5.92 Å². The molecule has 14 heteroatoms. The second kappa shape index (κ2) is 13.4. The van der Waals surface area contributed by atoms with Gasteiger partial charge in [-0.15, -0.1) is 0 Å². The topological polar surface area (TPSA) is 195 Å². The van der Waals surface area contributed by atoms with Gasteiger partial charge in [-0.2, -0.15) is 0 Å². The van der Waals surface area contributed by atoms with Gasteiger partial charge >= 0.3 is 29.8 Å². The van der Waals surface area contributed by atoms with Crippen LogP contribution in [0.2, 0.25) is 0 Å². The van der Waals surface area contributed by atoms with E-state index in [1.54, 1.807) is 0 Å². The van der Waals surface area contributed by atoms with Crippen LogP contribution in [0.15, 0.2) is 12.2 Å². The van der Waals surface area contributed by atoms with E-state index in [0.717, 1.165) is 34.6 Å². The zero-order valence-corrected chi connectivity index (χ0v) is 19.9. The van der Waals surface area contributed by atoms with Crippen molar-refractivity contribution in [3.8, 4) is 0 Å². The highest BCUT2D eigenvalue weighted by Gasteiger charge is 2.53. The van der Waals surface area contributed by atoms with Gasteiger partial charge in [0, 0.05) is 39.5 Å². The van der Waals surface area contributed by atoms with Crippen molar-refractivity contribution < 1.29 is 57.7 Å². The fourth-order valence-electron chi connectivity index (χ4n) is 3.75. The lowest BCUT2D eigenvalue weighted by Crippen LogP contribution is -2.58. The Morgan fingerprint density at radius 2 is 1.40 bits per heavy atom. The van der Waals surface area contributed by atoms with Gasteiger partial charge in [0.2, 0.25) is 6.04 Å². The maximum atomic E-state index is 12.0. The molecule has 0 heterocycles. The van der Waals surface area contributed by atoms with E-state index in [2.05, 4.69) is 0 Å². The van der Waals surface area contributed by atoms with Crippen LogP contribution in [0, 0.1) is 16.0 Å². The lowest BCUT2D eigenvalue weighted by molar-refractivity contribution is -0.545. The number of carbonyl (C=O) groups excluding carboxylic acids is 5. The van der Waals surface area contributed by atoms with Gasteiger partial charge in [-0.05, 0) is 6.42 Å². The predicted molar refractivity (Wildman–Crippen MR) is 113 cm³/mol. The van der Waals surface area contributed by atoms with Crippen LogP contribution in [0.25, 0.3) is 0 Å². The molecule has 196 valence electrons. The maximum absolute atomic E-state index is 12.0. The van der Waals surface area contributed by atoms with Crippen LogP contribution >= 0.6 is 0 Å². The molecule has 7 atom stereocenters. The van der Waals surface area contributed by atoms with E-state index >= 15 is 0 Å². The van der Waals surface area contributed by atoms with Crippen molar-refractivity contribution in [3.63, 3.8) is 0 Å². The molecule has 0 saturated carbocycles. The Morgan fingerprint density at radius 1 is 0.886 bits per heavy atom. The van der Waals surface area contributed by atoms with Crippen molar-refractivity contribution in [1.82, 2.24) is 0 Å². The summed E-state index contributed by atoms with van der Waals surface area (Å²) in [6.07, 6.45) is -5.73. The fourth-order valence-corrected chi connectivity index (χ4v) is 3.75.